The van der Waals surface area contributed by atoms with Gasteiger partial charge in [0.1, 0.15) is 17.6 Å². The Hall–Kier alpha value is -1.98. The number of ether oxygens (including phenoxy) is 1. The van der Waals surface area contributed by atoms with Crippen molar-refractivity contribution in [2.75, 3.05) is 11.4 Å². The van der Waals surface area contributed by atoms with Crippen molar-refractivity contribution in [1.82, 2.24) is 0 Å². The van der Waals surface area contributed by atoms with Crippen LogP contribution in [-0.2, 0) is 4.79 Å². The number of aromatic carboxylic acids is 1. The Morgan fingerprint density at radius 1 is 1.47 bits per heavy atom. The second-order valence-electron chi connectivity index (χ2n) is 4.47. The molecule has 1 saturated carbocycles. The van der Waals surface area contributed by atoms with Crippen LogP contribution in [-0.4, -0.2) is 29.1 Å². The molecule has 1 aliphatic carbocycles. The number of anilines is 1. The molecule has 0 aromatic carbocycles. The van der Waals surface area contributed by atoms with E-state index in [2.05, 4.69) is 0 Å². The van der Waals surface area contributed by atoms with Gasteiger partial charge in [-0.15, -0.1) is 0 Å². The second-order valence-corrected chi connectivity index (χ2v) is 4.47. The Morgan fingerprint density at radius 2 is 2.18 bits per heavy atom. The molecule has 6 nitrogen and oxygen atoms in total. The number of carboxylic acid groups (broad SMARTS) is 1. The zero-order valence-corrected chi connectivity index (χ0v) is 9.23. The van der Waals surface area contributed by atoms with Crippen LogP contribution in [0.3, 0.4) is 0 Å². The first-order chi connectivity index (χ1) is 8.02. The van der Waals surface area contributed by atoms with Gasteiger partial charge in [0.2, 0.25) is 5.91 Å². The van der Waals surface area contributed by atoms with E-state index in [-0.39, 0.29) is 17.4 Å². The van der Waals surface area contributed by atoms with Gasteiger partial charge in [0, 0.05) is 6.92 Å². The molecular formula is C11H11NO5. The Morgan fingerprint density at radius 3 is 2.71 bits per heavy atom. The largest absolute Gasteiger partial charge is 0.479 e. The topological polar surface area (TPSA) is 80.0 Å². The number of carbonyl (C=O) groups excluding carboxylic acids is 1. The Bertz CT molecular complexity index is 514. The third-order valence-corrected chi connectivity index (χ3v) is 3.16. The zero-order valence-electron chi connectivity index (χ0n) is 9.23. The summed E-state index contributed by atoms with van der Waals surface area (Å²) < 4.78 is 10.6. The predicted octanol–water partition coefficient (Wildman–Crippen LogP) is 1.26. The fraction of sp³-hybridized carbons (Fsp3) is 0.455. The molecule has 90 valence electrons. The first-order valence-corrected chi connectivity index (χ1v) is 5.34. The molecule has 6 heteroatoms. The first kappa shape index (κ1) is 10.2. The zero-order chi connectivity index (χ0) is 12.2. The van der Waals surface area contributed by atoms with Crippen molar-refractivity contribution in [2.45, 2.75) is 25.4 Å². The molecule has 0 bridgehead atoms. The van der Waals surface area contributed by atoms with E-state index in [0.29, 0.717) is 12.2 Å². The molecule has 2 aliphatic rings. The van der Waals surface area contributed by atoms with Gasteiger partial charge in [-0.1, -0.05) is 0 Å². The lowest BCUT2D eigenvalue weighted by atomic mass is 10.2. The van der Waals surface area contributed by atoms with Gasteiger partial charge in [-0.25, -0.2) is 4.79 Å². The average Bonchev–Trinajstić information content (AvgIpc) is 2.86. The summed E-state index contributed by atoms with van der Waals surface area (Å²) >= 11 is 0. The summed E-state index contributed by atoms with van der Waals surface area (Å²) in [5.41, 5.74) is 0.0136. The third-order valence-electron chi connectivity index (χ3n) is 3.16. The van der Waals surface area contributed by atoms with Crippen LogP contribution in [0.5, 0.6) is 5.75 Å². The van der Waals surface area contributed by atoms with Gasteiger partial charge < -0.3 is 19.2 Å². The molecule has 2 heterocycles. The third kappa shape index (κ3) is 1.40. The van der Waals surface area contributed by atoms with Crippen molar-refractivity contribution in [3.63, 3.8) is 0 Å². The van der Waals surface area contributed by atoms with Crippen LogP contribution in [0.2, 0.25) is 0 Å². The normalized spacial score (nSPS) is 19.7. The van der Waals surface area contributed by atoms with E-state index < -0.39 is 11.6 Å². The van der Waals surface area contributed by atoms with Crippen LogP contribution in [0.1, 0.15) is 30.3 Å². The maximum absolute atomic E-state index is 11.5. The van der Waals surface area contributed by atoms with Gasteiger partial charge in [-0.2, -0.15) is 0 Å². The molecule has 1 N–H and O–H groups in total. The summed E-state index contributed by atoms with van der Waals surface area (Å²) in [4.78, 5) is 24.0. The Labute approximate surface area is 96.8 Å². The number of nitrogens with zero attached hydrogens (tertiary/aromatic N) is 1. The summed E-state index contributed by atoms with van der Waals surface area (Å²) in [5, 5.41) is 8.97. The second kappa shape index (κ2) is 3.03. The number of fused-ring (bicyclic) bond motifs is 1. The van der Waals surface area contributed by atoms with Gasteiger partial charge in [-0.3, -0.25) is 4.79 Å². The molecule has 1 aromatic rings. The number of hydrogen-bond donors (Lipinski definition) is 1. The van der Waals surface area contributed by atoms with E-state index in [9.17, 15) is 9.59 Å². The van der Waals surface area contributed by atoms with Crippen LogP contribution >= 0.6 is 0 Å². The first-order valence-electron chi connectivity index (χ1n) is 5.34. The van der Waals surface area contributed by atoms with Crippen molar-refractivity contribution < 1.29 is 23.8 Å². The van der Waals surface area contributed by atoms with E-state index in [4.69, 9.17) is 14.3 Å². The lowest BCUT2D eigenvalue weighted by Crippen LogP contribution is -2.43. The highest BCUT2D eigenvalue weighted by Gasteiger charge is 2.52. The van der Waals surface area contributed by atoms with Crippen molar-refractivity contribution in [1.29, 1.82) is 0 Å². The molecule has 3 rings (SSSR count). The van der Waals surface area contributed by atoms with E-state index in [1.54, 1.807) is 0 Å². The number of carboxylic acids is 1. The highest BCUT2D eigenvalue weighted by atomic mass is 16.5. The van der Waals surface area contributed by atoms with Gasteiger partial charge in [-0.05, 0) is 12.8 Å². The van der Waals surface area contributed by atoms with Crippen LogP contribution in [0, 0.1) is 0 Å². The molecule has 0 radical (unpaired) electrons. The standard InChI is InChI=1S/C11H11NO5/c1-6(13)12-5-11(2-3-11)17-8-7(12)4-16-9(8)10(14)15/h4H,2-3,5H2,1H3,(H,14,15). The fourth-order valence-corrected chi connectivity index (χ4v) is 2.07. The van der Waals surface area contributed by atoms with E-state index in [0.717, 1.165) is 12.8 Å². The van der Waals surface area contributed by atoms with Gasteiger partial charge >= 0.3 is 5.97 Å². The molecule has 0 saturated heterocycles. The van der Waals surface area contributed by atoms with Crippen molar-refractivity contribution in [2.24, 2.45) is 0 Å². The molecule has 0 atom stereocenters. The maximum Gasteiger partial charge on any atom is 0.375 e. The number of rotatable bonds is 1. The minimum absolute atomic E-state index is 0.140. The highest BCUT2D eigenvalue weighted by molar-refractivity contribution is 5.98. The lowest BCUT2D eigenvalue weighted by Gasteiger charge is -2.32. The fourth-order valence-electron chi connectivity index (χ4n) is 2.07. The molecule has 1 aliphatic heterocycles. The Balaban J connectivity index is 2.10. The van der Waals surface area contributed by atoms with Crippen molar-refractivity contribution >= 4 is 17.6 Å². The quantitative estimate of drug-likeness (QED) is 0.795. The molecule has 1 aromatic heterocycles. The molecular weight excluding hydrogens is 226 g/mol. The summed E-state index contributed by atoms with van der Waals surface area (Å²) in [7, 11) is 0. The SMILES string of the molecule is CC(=O)N1CC2(CC2)Oc2c1coc2C(=O)O. The smallest absolute Gasteiger partial charge is 0.375 e. The van der Waals surface area contributed by atoms with E-state index in [1.807, 2.05) is 0 Å². The number of amides is 1. The van der Waals surface area contributed by atoms with Gasteiger partial charge in [0.15, 0.2) is 5.75 Å². The summed E-state index contributed by atoms with van der Waals surface area (Å²) in [6.07, 6.45) is 2.93. The average molecular weight is 237 g/mol. The molecule has 17 heavy (non-hydrogen) atoms. The van der Waals surface area contributed by atoms with Crippen molar-refractivity contribution in [3.05, 3.63) is 12.0 Å². The molecule has 0 unspecified atom stereocenters. The minimum Gasteiger partial charge on any atom is -0.479 e. The predicted molar refractivity (Wildman–Crippen MR) is 56.3 cm³/mol. The summed E-state index contributed by atoms with van der Waals surface area (Å²) in [6.45, 7) is 1.91. The van der Waals surface area contributed by atoms with Crippen LogP contribution in [0.4, 0.5) is 5.69 Å². The molecule has 1 spiro atoms. The lowest BCUT2D eigenvalue weighted by molar-refractivity contribution is -0.117. The summed E-state index contributed by atoms with van der Waals surface area (Å²) in [5.74, 6) is -1.39. The molecule has 1 fully saturated rings. The van der Waals surface area contributed by atoms with E-state index in [1.165, 1.54) is 18.1 Å². The van der Waals surface area contributed by atoms with Crippen molar-refractivity contribution in [3.8, 4) is 5.75 Å². The maximum atomic E-state index is 11.5. The van der Waals surface area contributed by atoms with Crippen LogP contribution in [0.25, 0.3) is 0 Å². The monoisotopic (exact) mass is 237 g/mol. The number of furan rings is 1. The Kier molecular flexibility index (Phi) is 1.81. The number of carbonyl (C=O) groups is 2. The molecule has 1 amide bonds. The van der Waals surface area contributed by atoms with Crippen LogP contribution < -0.4 is 9.64 Å². The number of hydrogen-bond acceptors (Lipinski definition) is 4. The van der Waals surface area contributed by atoms with Gasteiger partial charge in [0.25, 0.3) is 5.76 Å². The van der Waals surface area contributed by atoms with Crippen LogP contribution in [0.15, 0.2) is 10.7 Å². The van der Waals surface area contributed by atoms with E-state index >= 15 is 0 Å². The van der Waals surface area contributed by atoms with Gasteiger partial charge in [0.05, 0.1) is 6.54 Å². The summed E-state index contributed by atoms with van der Waals surface area (Å²) in [6, 6.07) is 0. The minimum atomic E-state index is -1.19. The highest BCUT2D eigenvalue weighted by Crippen LogP contribution is 2.50.